The second-order valence-electron chi connectivity index (χ2n) is 4.53. The summed E-state index contributed by atoms with van der Waals surface area (Å²) in [6.07, 6.45) is 1.67. The van der Waals surface area contributed by atoms with E-state index in [4.69, 9.17) is 0 Å². The van der Waals surface area contributed by atoms with Crippen LogP contribution in [0.1, 0.15) is 11.4 Å². The summed E-state index contributed by atoms with van der Waals surface area (Å²) in [7, 11) is 1.75. The summed E-state index contributed by atoms with van der Waals surface area (Å²) in [4.78, 5) is 11.9. The summed E-state index contributed by atoms with van der Waals surface area (Å²) in [5, 5.41) is 24.2. The zero-order chi connectivity index (χ0) is 14.3. The van der Waals surface area contributed by atoms with Gasteiger partial charge in [0, 0.05) is 24.6 Å². The molecule has 8 nitrogen and oxygen atoms in total. The maximum absolute atomic E-state index is 10.8. The van der Waals surface area contributed by atoms with Crippen LogP contribution in [-0.2, 0) is 13.6 Å². The van der Waals surface area contributed by atoms with E-state index in [-0.39, 0.29) is 5.69 Å². The van der Waals surface area contributed by atoms with Gasteiger partial charge in [-0.05, 0) is 13.0 Å². The lowest BCUT2D eigenvalue weighted by Crippen LogP contribution is -2.03. The molecule has 0 unspecified atom stereocenters. The number of nitro benzene ring substituents is 1. The number of benzene rings is 1. The highest BCUT2D eigenvalue weighted by Gasteiger charge is 2.13. The van der Waals surface area contributed by atoms with Gasteiger partial charge in [-0.25, -0.2) is 0 Å². The summed E-state index contributed by atoms with van der Waals surface area (Å²) in [6, 6.07) is 4.74. The molecule has 20 heavy (non-hydrogen) atoms. The van der Waals surface area contributed by atoms with E-state index < -0.39 is 4.92 Å². The SMILES string of the molecule is Cc1nn(Cc2cnn(C)n2)c2ccc([N+](=O)[O-])cc12. The van der Waals surface area contributed by atoms with Crippen LogP contribution in [0.25, 0.3) is 10.9 Å². The first-order valence-corrected chi connectivity index (χ1v) is 6.01. The highest BCUT2D eigenvalue weighted by Crippen LogP contribution is 2.24. The molecular formula is C12H12N6O2. The molecule has 2 heterocycles. The molecule has 0 aliphatic rings. The molecule has 0 radical (unpaired) electrons. The van der Waals surface area contributed by atoms with E-state index in [0.29, 0.717) is 6.54 Å². The van der Waals surface area contributed by atoms with E-state index >= 15 is 0 Å². The van der Waals surface area contributed by atoms with Crippen LogP contribution in [-0.4, -0.2) is 29.7 Å². The van der Waals surface area contributed by atoms with E-state index in [9.17, 15) is 10.1 Å². The van der Waals surface area contributed by atoms with Gasteiger partial charge in [0.25, 0.3) is 5.69 Å². The van der Waals surface area contributed by atoms with Gasteiger partial charge in [0.2, 0.25) is 0 Å². The molecule has 0 amide bonds. The Morgan fingerprint density at radius 1 is 1.35 bits per heavy atom. The Morgan fingerprint density at radius 2 is 2.15 bits per heavy atom. The fourth-order valence-electron chi connectivity index (χ4n) is 2.18. The fraction of sp³-hybridized carbons (Fsp3) is 0.250. The number of nitrogens with zero attached hydrogens (tertiary/aromatic N) is 6. The van der Waals surface area contributed by atoms with E-state index in [2.05, 4.69) is 15.3 Å². The number of aromatic nitrogens is 5. The quantitative estimate of drug-likeness (QED) is 0.531. The van der Waals surface area contributed by atoms with Gasteiger partial charge in [-0.15, -0.1) is 0 Å². The average molecular weight is 272 g/mol. The van der Waals surface area contributed by atoms with Crippen LogP contribution in [0.4, 0.5) is 5.69 Å². The van der Waals surface area contributed by atoms with Crippen LogP contribution >= 0.6 is 0 Å². The van der Waals surface area contributed by atoms with Crippen molar-refractivity contribution in [2.24, 2.45) is 7.05 Å². The van der Waals surface area contributed by atoms with Gasteiger partial charge in [0.05, 0.1) is 28.9 Å². The molecule has 0 aliphatic carbocycles. The first kappa shape index (κ1) is 12.3. The molecule has 3 rings (SSSR count). The van der Waals surface area contributed by atoms with Crippen molar-refractivity contribution in [3.63, 3.8) is 0 Å². The highest BCUT2D eigenvalue weighted by molar-refractivity contribution is 5.84. The Morgan fingerprint density at radius 3 is 2.80 bits per heavy atom. The van der Waals surface area contributed by atoms with Crippen LogP contribution < -0.4 is 0 Å². The third-order valence-corrected chi connectivity index (χ3v) is 3.09. The molecule has 2 aromatic heterocycles. The number of fused-ring (bicyclic) bond motifs is 1. The molecule has 0 aliphatic heterocycles. The number of hydrogen-bond donors (Lipinski definition) is 0. The third-order valence-electron chi connectivity index (χ3n) is 3.09. The number of non-ortho nitro benzene ring substituents is 1. The molecule has 0 saturated heterocycles. The van der Waals surface area contributed by atoms with E-state index in [0.717, 1.165) is 22.3 Å². The largest absolute Gasteiger partial charge is 0.270 e. The smallest absolute Gasteiger partial charge is 0.258 e. The standard InChI is InChI=1S/C12H12N6O2/c1-8-11-5-10(18(19)20)3-4-12(11)17(14-8)7-9-6-13-16(2)15-9/h3-6H,7H2,1-2H3. The second kappa shape index (κ2) is 4.41. The Labute approximate surface area is 113 Å². The van der Waals surface area contributed by atoms with Gasteiger partial charge < -0.3 is 0 Å². The molecule has 8 heteroatoms. The molecule has 102 valence electrons. The maximum atomic E-state index is 10.8. The minimum Gasteiger partial charge on any atom is -0.258 e. The number of nitro groups is 1. The van der Waals surface area contributed by atoms with Gasteiger partial charge in [-0.3, -0.25) is 14.8 Å². The van der Waals surface area contributed by atoms with E-state index in [1.54, 1.807) is 30.1 Å². The Hall–Kier alpha value is -2.77. The van der Waals surface area contributed by atoms with E-state index in [1.807, 2.05) is 6.92 Å². The van der Waals surface area contributed by atoms with Crippen LogP contribution in [0.3, 0.4) is 0 Å². The Kier molecular flexibility index (Phi) is 2.70. The lowest BCUT2D eigenvalue weighted by atomic mass is 10.2. The molecule has 3 aromatic rings. The van der Waals surface area contributed by atoms with Crippen molar-refractivity contribution in [2.75, 3.05) is 0 Å². The molecule has 0 spiro atoms. The summed E-state index contributed by atoms with van der Waals surface area (Å²) < 4.78 is 1.78. The Balaban J connectivity index is 2.06. The zero-order valence-electron chi connectivity index (χ0n) is 11.0. The van der Waals surface area contributed by atoms with Crippen molar-refractivity contribution >= 4 is 16.6 Å². The van der Waals surface area contributed by atoms with Gasteiger partial charge in [0.1, 0.15) is 5.69 Å². The molecule has 0 atom stereocenters. The third kappa shape index (κ3) is 2.00. The molecule has 0 N–H and O–H groups in total. The minimum atomic E-state index is -0.404. The van der Waals surface area contributed by atoms with Gasteiger partial charge in [-0.1, -0.05) is 0 Å². The number of aryl methyl sites for hydroxylation is 2. The van der Waals surface area contributed by atoms with Gasteiger partial charge >= 0.3 is 0 Å². The summed E-state index contributed by atoms with van der Waals surface area (Å²) in [6.45, 7) is 2.31. The normalized spacial score (nSPS) is 11.1. The summed E-state index contributed by atoms with van der Waals surface area (Å²) in [5.41, 5.74) is 2.46. The lowest BCUT2D eigenvalue weighted by Gasteiger charge is -2.00. The molecular weight excluding hydrogens is 260 g/mol. The second-order valence-corrected chi connectivity index (χ2v) is 4.53. The molecule has 0 saturated carbocycles. The predicted octanol–water partition coefficient (Wildman–Crippen LogP) is 1.43. The van der Waals surface area contributed by atoms with Crippen molar-refractivity contribution < 1.29 is 4.92 Å². The first-order chi connectivity index (χ1) is 9.54. The zero-order valence-corrected chi connectivity index (χ0v) is 11.0. The van der Waals surface area contributed by atoms with Crippen LogP contribution in [0.2, 0.25) is 0 Å². The topological polar surface area (TPSA) is 91.7 Å². The predicted molar refractivity (Wildman–Crippen MR) is 71.2 cm³/mol. The summed E-state index contributed by atoms with van der Waals surface area (Å²) in [5.74, 6) is 0. The van der Waals surface area contributed by atoms with Crippen molar-refractivity contribution in [3.8, 4) is 0 Å². The minimum absolute atomic E-state index is 0.0691. The molecule has 0 fully saturated rings. The van der Waals surface area contributed by atoms with Crippen molar-refractivity contribution in [1.82, 2.24) is 24.8 Å². The molecule has 1 aromatic carbocycles. The summed E-state index contributed by atoms with van der Waals surface area (Å²) >= 11 is 0. The monoisotopic (exact) mass is 272 g/mol. The molecule has 0 bridgehead atoms. The first-order valence-electron chi connectivity index (χ1n) is 6.01. The van der Waals surface area contributed by atoms with Gasteiger partial charge in [0.15, 0.2) is 0 Å². The number of rotatable bonds is 3. The van der Waals surface area contributed by atoms with Crippen molar-refractivity contribution in [3.05, 3.63) is 45.9 Å². The average Bonchev–Trinajstić information content (AvgIpc) is 2.95. The van der Waals surface area contributed by atoms with Crippen LogP contribution in [0.5, 0.6) is 0 Å². The van der Waals surface area contributed by atoms with E-state index in [1.165, 1.54) is 10.9 Å². The Bertz CT molecular complexity index is 803. The van der Waals surface area contributed by atoms with Crippen molar-refractivity contribution in [2.45, 2.75) is 13.5 Å². The maximum Gasteiger partial charge on any atom is 0.270 e. The van der Waals surface area contributed by atoms with Crippen LogP contribution in [0.15, 0.2) is 24.4 Å². The highest BCUT2D eigenvalue weighted by atomic mass is 16.6. The fourth-order valence-corrected chi connectivity index (χ4v) is 2.18. The van der Waals surface area contributed by atoms with Crippen molar-refractivity contribution in [1.29, 1.82) is 0 Å². The number of hydrogen-bond acceptors (Lipinski definition) is 5. The van der Waals surface area contributed by atoms with Gasteiger partial charge in [-0.2, -0.15) is 20.1 Å². The van der Waals surface area contributed by atoms with Crippen LogP contribution in [0, 0.1) is 17.0 Å². The lowest BCUT2D eigenvalue weighted by molar-refractivity contribution is -0.384.